The molecule has 0 spiro atoms. The normalized spacial score (nSPS) is 11.9. The minimum absolute atomic E-state index is 0.0290. The van der Waals surface area contributed by atoms with Gasteiger partial charge in [-0.2, -0.15) is 4.98 Å². The van der Waals surface area contributed by atoms with E-state index in [1.807, 2.05) is 19.1 Å². The van der Waals surface area contributed by atoms with E-state index in [0.717, 1.165) is 5.56 Å². The molecule has 1 unspecified atom stereocenters. The number of aryl methyl sites for hydroxylation is 1. The highest BCUT2D eigenvalue weighted by molar-refractivity contribution is 5.89. The van der Waals surface area contributed by atoms with Gasteiger partial charge in [0.1, 0.15) is 0 Å². The Morgan fingerprint density at radius 1 is 1.40 bits per heavy atom. The number of nitrogens with zero attached hydrogens (tertiary/aromatic N) is 2. The van der Waals surface area contributed by atoms with E-state index >= 15 is 0 Å². The summed E-state index contributed by atoms with van der Waals surface area (Å²) >= 11 is 0. The Kier molecular flexibility index (Phi) is 4.31. The minimum Gasteiger partial charge on any atom is -0.337 e. The maximum atomic E-state index is 11.7. The van der Waals surface area contributed by atoms with Crippen molar-refractivity contribution in [3.63, 3.8) is 0 Å². The van der Waals surface area contributed by atoms with Gasteiger partial charge in [-0.3, -0.25) is 0 Å². The van der Waals surface area contributed by atoms with Crippen molar-refractivity contribution in [3.8, 4) is 0 Å². The van der Waals surface area contributed by atoms with Crippen molar-refractivity contribution in [2.45, 2.75) is 26.4 Å². The van der Waals surface area contributed by atoms with Gasteiger partial charge in [0.2, 0.25) is 5.89 Å². The van der Waals surface area contributed by atoms with E-state index in [2.05, 4.69) is 20.8 Å². The number of nitrogens with one attached hydrogen (secondary N) is 2. The molecule has 1 aromatic carbocycles. The molecule has 4 N–H and O–H groups in total. The number of amides is 2. The number of carbonyl (C=O) groups excluding carboxylic acids is 1. The third-order valence-electron chi connectivity index (χ3n) is 2.66. The van der Waals surface area contributed by atoms with Crippen molar-refractivity contribution in [3.05, 3.63) is 41.5 Å². The zero-order chi connectivity index (χ0) is 14.5. The Morgan fingerprint density at radius 3 is 2.65 bits per heavy atom. The predicted octanol–water partition coefficient (Wildman–Crippen LogP) is 1.72. The summed E-state index contributed by atoms with van der Waals surface area (Å²) in [7, 11) is 0. The molecule has 106 valence electrons. The predicted molar refractivity (Wildman–Crippen MR) is 73.9 cm³/mol. The third-order valence-corrected chi connectivity index (χ3v) is 2.66. The average molecular weight is 275 g/mol. The average Bonchev–Trinajstić information content (AvgIpc) is 2.83. The summed E-state index contributed by atoms with van der Waals surface area (Å²) in [4.78, 5) is 15.7. The van der Waals surface area contributed by atoms with E-state index in [1.54, 1.807) is 19.1 Å². The summed E-state index contributed by atoms with van der Waals surface area (Å²) in [6.45, 7) is 3.80. The lowest BCUT2D eigenvalue weighted by atomic mass is 10.1. The molecule has 0 aliphatic heterocycles. The molecule has 0 radical (unpaired) electrons. The lowest BCUT2D eigenvalue weighted by molar-refractivity contribution is 0.249. The molecule has 7 heteroatoms. The van der Waals surface area contributed by atoms with Crippen LogP contribution in [0.2, 0.25) is 0 Å². The number of aromatic nitrogens is 2. The van der Waals surface area contributed by atoms with Crippen LogP contribution < -0.4 is 16.4 Å². The zero-order valence-electron chi connectivity index (χ0n) is 11.4. The van der Waals surface area contributed by atoms with Gasteiger partial charge in [0.15, 0.2) is 5.82 Å². The first-order valence-corrected chi connectivity index (χ1v) is 6.24. The number of carbonyl (C=O) groups is 1. The SMILES string of the molecule is Cc1noc(CNC(=O)Nc2ccc(C(C)N)cc2)n1. The summed E-state index contributed by atoms with van der Waals surface area (Å²) in [5, 5.41) is 8.97. The molecule has 0 fully saturated rings. The molecule has 0 saturated carbocycles. The number of benzene rings is 1. The lowest BCUT2D eigenvalue weighted by Gasteiger charge is -2.08. The Morgan fingerprint density at radius 2 is 2.10 bits per heavy atom. The lowest BCUT2D eigenvalue weighted by Crippen LogP contribution is -2.28. The van der Waals surface area contributed by atoms with E-state index in [1.165, 1.54) is 0 Å². The zero-order valence-corrected chi connectivity index (χ0v) is 11.4. The number of hydrogen-bond acceptors (Lipinski definition) is 5. The summed E-state index contributed by atoms with van der Waals surface area (Å²) in [6.07, 6.45) is 0. The molecule has 1 aromatic heterocycles. The van der Waals surface area contributed by atoms with Crippen LogP contribution in [0.15, 0.2) is 28.8 Å². The molecule has 7 nitrogen and oxygen atoms in total. The molecule has 20 heavy (non-hydrogen) atoms. The first kappa shape index (κ1) is 14.0. The van der Waals surface area contributed by atoms with Crippen LogP contribution in [0, 0.1) is 6.92 Å². The Balaban J connectivity index is 1.84. The summed E-state index contributed by atoms with van der Waals surface area (Å²) < 4.78 is 4.89. The second kappa shape index (κ2) is 6.16. The number of hydrogen-bond donors (Lipinski definition) is 3. The van der Waals surface area contributed by atoms with E-state index in [9.17, 15) is 4.79 Å². The highest BCUT2D eigenvalue weighted by atomic mass is 16.5. The third kappa shape index (κ3) is 3.79. The molecule has 1 heterocycles. The Hall–Kier alpha value is -2.41. The molecule has 2 amide bonds. The van der Waals surface area contributed by atoms with Gasteiger partial charge in [-0.15, -0.1) is 0 Å². The minimum atomic E-state index is -0.339. The molecule has 0 aliphatic rings. The van der Waals surface area contributed by atoms with E-state index in [4.69, 9.17) is 10.3 Å². The van der Waals surface area contributed by atoms with Gasteiger partial charge in [0, 0.05) is 11.7 Å². The first-order chi connectivity index (χ1) is 9.54. The van der Waals surface area contributed by atoms with Gasteiger partial charge in [-0.1, -0.05) is 17.3 Å². The standard InChI is InChI=1S/C13H17N5O2/c1-8(14)10-3-5-11(6-4-10)17-13(19)15-7-12-16-9(2)18-20-12/h3-6,8H,7,14H2,1-2H3,(H2,15,17,19). The first-order valence-electron chi connectivity index (χ1n) is 6.24. The molecule has 0 saturated heterocycles. The van der Waals surface area contributed by atoms with Gasteiger partial charge >= 0.3 is 6.03 Å². The second-order valence-corrected chi connectivity index (χ2v) is 4.45. The molecular formula is C13H17N5O2. The van der Waals surface area contributed by atoms with Gasteiger partial charge < -0.3 is 20.9 Å². The van der Waals surface area contributed by atoms with Crippen LogP contribution in [0.5, 0.6) is 0 Å². The van der Waals surface area contributed by atoms with Gasteiger partial charge in [-0.05, 0) is 31.5 Å². The van der Waals surface area contributed by atoms with E-state index in [-0.39, 0.29) is 18.6 Å². The largest absolute Gasteiger partial charge is 0.337 e. The molecular weight excluding hydrogens is 258 g/mol. The molecule has 1 atom stereocenters. The quantitative estimate of drug-likeness (QED) is 0.787. The Labute approximate surface area is 116 Å². The van der Waals surface area contributed by atoms with Gasteiger partial charge in [0.05, 0.1) is 6.54 Å². The van der Waals surface area contributed by atoms with Crippen molar-refractivity contribution < 1.29 is 9.32 Å². The van der Waals surface area contributed by atoms with Crippen LogP contribution in [0.4, 0.5) is 10.5 Å². The van der Waals surface area contributed by atoms with Crippen molar-refractivity contribution in [2.75, 3.05) is 5.32 Å². The maximum Gasteiger partial charge on any atom is 0.319 e. The van der Waals surface area contributed by atoms with Crippen molar-refractivity contribution >= 4 is 11.7 Å². The van der Waals surface area contributed by atoms with Crippen LogP contribution in [0.1, 0.15) is 30.2 Å². The fraction of sp³-hybridized carbons (Fsp3) is 0.308. The topological polar surface area (TPSA) is 106 Å². The van der Waals surface area contributed by atoms with E-state index < -0.39 is 0 Å². The van der Waals surface area contributed by atoms with E-state index in [0.29, 0.717) is 17.4 Å². The second-order valence-electron chi connectivity index (χ2n) is 4.45. The van der Waals surface area contributed by atoms with Gasteiger partial charge in [0.25, 0.3) is 0 Å². The maximum absolute atomic E-state index is 11.7. The highest BCUT2D eigenvalue weighted by Gasteiger charge is 2.06. The van der Waals surface area contributed by atoms with Crippen LogP contribution >= 0.6 is 0 Å². The van der Waals surface area contributed by atoms with Crippen molar-refractivity contribution in [2.24, 2.45) is 5.73 Å². The molecule has 2 aromatic rings. The number of anilines is 1. The molecule has 0 bridgehead atoms. The number of rotatable bonds is 4. The van der Waals surface area contributed by atoms with Gasteiger partial charge in [-0.25, -0.2) is 4.79 Å². The number of nitrogens with two attached hydrogens (primary N) is 1. The monoisotopic (exact) mass is 275 g/mol. The molecule has 0 aliphatic carbocycles. The molecule has 2 rings (SSSR count). The summed E-state index contributed by atoms with van der Waals surface area (Å²) in [5.41, 5.74) is 7.46. The summed E-state index contributed by atoms with van der Waals surface area (Å²) in [5.74, 6) is 0.902. The Bertz CT molecular complexity index is 577. The fourth-order valence-electron chi connectivity index (χ4n) is 1.61. The van der Waals surface area contributed by atoms with Crippen LogP contribution in [0.3, 0.4) is 0 Å². The van der Waals surface area contributed by atoms with Crippen LogP contribution in [-0.4, -0.2) is 16.2 Å². The fourth-order valence-corrected chi connectivity index (χ4v) is 1.61. The number of urea groups is 1. The summed E-state index contributed by atoms with van der Waals surface area (Å²) in [6, 6.07) is 6.99. The highest BCUT2D eigenvalue weighted by Crippen LogP contribution is 2.13. The van der Waals surface area contributed by atoms with Crippen molar-refractivity contribution in [1.29, 1.82) is 0 Å². The van der Waals surface area contributed by atoms with Crippen LogP contribution in [-0.2, 0) is 6.54 Å². The van der Waals surface area contributed by atoms with Crippen molar-refractivity contribution in [1.82, 2.24) is 15.5 Å². The van der Waals surface area contributed by atoms with Crippen LogP contribution in [0.25, 0.3) is 0 Å². The smallest absolute Gasteiger partial charge is 0.319 e.